The van der Waals surface area contributed by atoms with E-state index in [1.54, 1.807) is 44.2 Å². The zero-order valence-corrected chi connectivity index (χ0v) is 31.2. The predicted molar refractivity (Wildman–Crippen MR) is 197 cm³/mol. The number of carboxylic acids is 1. The zero-order valence-electron chi connectivity index (χ0n) is 30.4. The number of ether oxygens (including phenoxy) is 2. The van der Waals surface area contributed by atoms with Gasteiger partial charge in [-0.2, -0.15) is 0 Å². The molecule has 0 fully saturated rings. The highest BCUT2D eigenvalue weighted by Gasteiger charge is 2.53. The maximum absolute atomic E-state index is 14.0. The highest BCUT2D eigenvalue weighted by Crippen LogP contribution is 2.39. The van der Waals surface area contributed by atoms with Gasteiger partial charge in [0.15, 0.2) is 0 Å². The summed E-state index contributed by atoms with van der Waals surface area (Å²) in [5, 5.41) is 12.1. The smallest absolute Gasteiger partial charge is 0.335 e. The Kier molecular flexibility index (Phi) is 13.3. The first-order valence-corrected chi connectivity index (χ1v) is 17.4. The summed E-state index contributed by atoms with van der Waals surface area (Å²) in [4.78, 5) is 51.7. The summed E-state index contributed by atoms with van der Waals surface area (Å²) in [6.45, 7) is 16.6. The lowest BCUT2D eigenvalue weighted by molar-refractivity contribution is -0.144. The summed E-state index contributed by atoms with van der Waals surface area (Å²) in [7, 11) is 0. The van der Waals surface area contributed by atoms with Gasteiger partial charge in [0.25, 0.3) is 5.91 Å². The summed E-state index contributed by atoms with van der Waals surface area (Å²) in [6, 6.07) is 20.0. The maximum Gasteiger partial charge on any atom is 0.335 e. The van der Waals surface area contributed by atoms with Gasteiger partial charge in [0, 0.05) is 29.6 Å². The number of ketones is 1. The molecule has 0 spiro atoms. The fourth-order valence-corrected chi connectivity index (χ4v) is 5.49. The van der Waals surface area contributed by atoms with Crippen LogP contribution in [-0.4, -0.2) is 46.9 Å². The number of carbonyl (C=O) groups excluding carboxylic acids is 3. The maximum atomic E-state index is 14.0. The number of rotatable bonds is 18. The third-order valence-corrected chi connectivity index (χ3v) is 9.80. The molecule has 1 atom stereocenters. The van der Waals surface area contributed by atoms with Crippen LogP contribution in [0.4, 0.5) is 5.69 Å². The molecule has 3 rings (SSSR count). The van der Waals surface area contributed by atoms with E-state index in [0.29, 0.717) is 18.7 Å². The SMILES string of the molecule is CCC(C)(C)c1ccc(OCCCC(=O)NCC(C)(C)C(=O)C(Cl)(Oc2ccc(C(=O)O)cc2)C(=O)Nc2ccccc2)c(C(C)(C)CC)c1. The van der Waals surface area contributed by atoms with E-state index in [-0.39, 0.29) is 41.0 Å². The van der Waals surface area contributed by atoms with Crippen molar-refractivity contribution in [3.05, 3.63) is 89.5 Å². The number of benzene rings is 3. The third kappa shape index (κ3) is 10.1. The van der Waals surface area contributed by atoms with Gasteiger partial charge in [-0.1, -0.05) is 97.3 Å². The molecule has 3 aromatic rings. The molecule has 0 aromatic heterocycles. The number of nitrogens with one attached hydrogen (secondary N) is 2. The fourth-order valence-electron chi connectivity index (χ4n) is 5.10. The van der Waals surface area contributed by atoms with E-state index in [0.717, 1.165) is 24.2 Å². The van der Waals surface area contributed by atoms with Gasteiger partial charge in [-0.25, -0.2) is 4.79 Å². The number of para-hydroxylation sites is 1. The second-order valence-electron chi connectivity index (χ2n) is 14.5. The molecule has 0 bridgehead atoms. The van der Waals surface area contributed by atoms with Crippen molar-refractivity contribution in [3.63, 3.8) is 0 Å². The molecule has 2 amide bonds. The molecule has 270 valence electrons. The molecule has 0 aliphatic heterocycles. The quantitative estimate of drug-likeness (QED) is 0.0689. The zero-order chi connectivity index (χ0) is 37.3. The van der Waals surface area contributed by atoms with Gasteiger partial charge in [-0.05, 0) is 78.1 Å². The Labute approximate surface area is 301 Å². The van der Waals surface area contributed by atoms with Gasteiger partial charge in [0.1, 0.15) is 11.5 Å². The minimum absolute atomic E-state index is 0.00908. The minimum Gasteiger partial charge on any atom is -0.493 e. The number of anilines is 1. The first-order valence-electron chi connectivity index (χ1n) is 17.0. The van der Waals surface area contributed by atoms with Crippen molar-refractivity contribution in [1.29, 1.82) is 0 Å². The standard InChI is InChI=1S/C40H51ClN2O7/c1-9-37(3,4)28-20-23-32(31(25-28)38(5,6)10-2)49-24-14-17-33(44)42-26-39(7,8)35(47)40(41,36(48)43-29-15-12-11-13-16-29)50-30-21-18-27(19-22-30)34(45)46/h11-13,15-16,18-23,25H,9-10,14,17,24,26H2,1-8H3,(H,42,44)(H,43,48)(H,45,46). The predicted octanol–water partition coefficient (Wildman–Crippen LogP) is 8.28. The molecular formula is C40H51ClN2O7. The summed E-state index contributed by atoms with van der Waals surface area (Å²) in [6.07, 6.45) is 2.56. The summed E-state index contributed by atoms with van der Waals surface area (Å²) < 4.78 is 12.0. The van der Waals surface area contributed by atoms with E-state index in [1.807, 2.05) is 6.07 Å². The van der Waals surface area contributed by atoms with Crippen LogP contribution in [0.5, 0.6) is 11.5 Å². The number of halogens is 1. The van der Waals surface area contributed by atoms with Crippen LogP contribution in [0.1, 0.15) is 103 Å². The van der Waals surface area contributed by atoms with Gasteiger partial charge >= 0.3 is 11.0 Å². The molecule has 3 N–H and O–H groups in total. The number of amides is 2. The van der Waals surface area contributed by atoms with Crippen LogP contribution in [0.15, 0.2) is 72.8 Å². The monoisotopic (exact) mass is 706 g/mol. The van der Waals surface area contributed by atoms with Gasteiger partial charge in [-0.15, -0.1) is 0 Å². The highest BCUT2D eigenvalue weighted by atomic mass is 35.5. The Balaban J connectivity index is 1.68. The molecule has 0 aliphatic carbocycles. The molecular weight excluding hydrogens is 656 g/mol. The molecule has 0 radical (unpaired) electrons. The van der Waals surface area contributed by atoms with E-state index >= 15 is 0 Å². The lowest BCUT2D eigenvalue weighted by atomic mass is 9.76. The van der Waals surface area contributed by atoms with Crippen molar-refractivity contribution < 1.29 is 33.8 Å². The summed E-state index contributed by atoms with van der Waals surface area (Å²) >= 11 is 6.76. The molecule has 0 saturated carbocycles. The number of Topliss-reactive ketones (excluding diaryl/α,β-unsaturated/α-hetero) is 1. The Morgan fingerprint density at radius 3 is 2.02 bits per heavy atom. The molecule has 10 heteroatoms. The van der Waals surface area contributed by atoms with Crippen molar-refractivity contribution in [1.82, 2.24) is 5.32 Å². The molecule has 3 aromatic carbocycles. The molecule has 0 heterocycles. The van der Waals surface area contributed by atoms with Crippen LogP contribution in [0, 0.1) is 5.41 Å². The largest absolute Gasteiger partial charge is 0.493 e. The normalized spacial score (nSPS) is 13.1. The first-order chi connectivity index (χ1) is 23.4. The van der Waals surface area contributed by atoms with Crippen molar-refractivity contribution in [2.24, 2.45) is 5.41 Å². The van der Waals surface area contributed by atoms with Crippen molar-refractivity contribution >= 4 is 40.9 Å². The lowest BCUT2D eigenvalue weighted by Gasteiger charge is -2.33. The van der Waals surface area contributed by atoms with Gasteiger partial charge in [0.05, 0.1) is 12.2 Å². The van der Waals surface area contributed by atoms with Gasteiger partial charge < -0.3 is 25.2 Å². The fraction of sp³-hybridized carbons (Fsp3) is 0.450. The second-order valence-corrected chi connectivity index (χ2v) is 15.0. The Bertz CT molecular complexity index is 1650. The van der Waals surface area contributed by atoms with Gasteiger partial charge in [-0.3, -0.25) is 14.4 Å². The van der Waals surface area contributed by atoms with E-state index in [1.165, 1.54) is 29.8 Å². The van der Waals surface area contributed by atoms with E-state index in [9.17, 15) is 24.3 Å². The van der Waals surface area contributed by atoms with Crippen molar-refractivity contribution in [2.75, 3.05) is 18.5 Å². The Morgan fingerprint density at radius 2 is 1.44 bits per heavy atom. The highest BCUT2D eigenvalue weighted by molar-refractivity contribution is 6.47. The average molecular weight is 707 g/mol. The van der Waals surface area contributed by atoms with Gasteiger partial charge in [0.2, 0.25) is 11.7 Å². The molecule has 9 nitrogen and oxygen atoms in total. The number of hydrogen-bond donors (Lipinski definition) is 3. The van der Waals surface area contributed by atoms with Crippen molar-refractivity contribution in [3.8, 4) is 11.5 Å². The van der Waals surface area contributed by atoms with Crippen LogP contribution < -0.4 is 20.1 Å². The molecule has 0 aliphatic rings. The Morgan fingerprint density at radius 1 is 0.820 bits per heavy atom. The number of carboxylic acid groups (broad SMARTS) is 1. The van der Waals surface area contributed by atoms with Crippen LogP contribution in [0.25, 0.3) is 0 Å². The van der Waals surface area contributed by atoms with Crippen LogP contribution >= 0.6 is 11.6 Å². The molecule has 0 saturated heterocycles. The third-order valence-electron chi connectivity index (χ3n) is 9.38. The number of alkyl halides is 1. The molecule has 1 unspecified atom stereocenters. The summed E-state index contributed by atoms with van der Waals surface area (Å²) in [5.74, 6) is -2.36. The number of hydrogen-bond acceptors (Lipinski definition) is 6. The van der Waals surface area contributed by atoms with Crippen LogP contribution in [-0.2, 0) is 25.2 Å². The topological polar surface area (TPSA) is 131 Å². The molecule has 50 heavy (non-hydrogen) atoms. The first kappa shape index (κ1) is 40.1. The van der Waals surface area contributed by atoms with E-state index in [2.05, 4.69) is 64.3 Å². The van der Waals surface area contributed by atoms with Crippen molar-refractivity contribution in [2.45, 2.75) is 97.0 Å². The van der Waals surface area contributed by atoms with Crippen LogP contribution in [0.2, 0.25) is 0 Å². The Hall–Kier alpha value is -4.37. The van der Waals surface area contributed by atoms with E-state index in [4.69, 9.17) is 21.1 Å². The average Bonchev–Trinajstić information content (AvgIpc) is 3.09. The van der Waals surface area contributed by atoms with E-state index < -0.39 is 28.1 Å². The number of carbonyl (C=O) groups is 4. The summed E-state index contributed by atoms with van der Waals surface area (Å²) in [5.41, 5.74) is 1.39. The van der Waals surface area contributed by atoms with Crippen LogP contribution in [0.3, 0.4) is 0 Å². The number of aromatic carboxylic acids is 1. The second kappa shape index (κ2) is 16.6. The minimum atomic E-state index is -2.55. The lowest BCUT2D eigenvalue weighted by Crippen LogP contribution is -2.57.